The maximum absolute atomic E-state index is 12.5. The van der Waals surface area contributed by atoms with Crippen LogP contribution in [0.25, 0.3) is 0 Å². The molecule has 2 fully saturated rings. The van der Waals surface area contributed by atoms with Gasteiger partial charge in [-0.3, -0.25) is 4.79 Å². The first-order valence-electron chi connectivity index (χ1n) is 8.51. The molecule has 2 aromatic carbocycles. The van der Waals surface area contributed by atoms with E-state index in [0.717, 1.165) is 25.2 Å². The second-order valence-electron chi connectivity index (χ2n) is 6.25. The number of ketones is 1. The number of carbonyl (C=O) groups excluding carboxylic acids is 1. The topological polar surface area (TPSA) is 57.3 Å². The minimum absolute atomic E-state index is 0.0640. The van der Waals surface area contributed by atoms with Crippen molar-refractivity contribution in [1.82, 2.24) is 0 Å². The summed E-state index contributed by atoms with van der Waals surface area (Å²) in [4.78, 5) is 12.5. The Morgan fingerprint density at radius 3 is 2.52 bits per heavy atom. The van der Waals surface area contributed by atoms with Crippen molar-refractivity contribution in [2.45, 2.75) is 25.2 Å². The normalized spacial score (nSPS) is 21.3. The van der Waals surface area contributed by atoms with Gasteiger partial charge in [-0.15, -0.1) is 0 Å². The lowest BCUT2D eigenvalue weighted by Gasteiger charge is -2.27. The zero-order valence-corrected chi connectivity index (χ0v) is 13.9. The van der Waals surface area contributed by atoms with Crippen molar-refractivity contribution in [3.05, 3.63) is 59.7 Å². The van der Waals surface area contributed by atoms with Crippen molar-refractivity contribution in [3.8, 4) is 11.5 Å². The summed E-state index contributed by atoms with van der Waals surface area (Å²) in [5, 5.41) is 0. The fourth-order valence-corrected chi connectivity index (χ4v) is 2.61. The fraction of sp³-hybridized carbons (Fsp3) is 0.350. The molecule has 130 valence electrons. The van der Waals surface area contributed by atoms with E-state index in [1.54, 1.807) is 0 Å². The first-order valence-corrected chi connectivity index (χ1v) is 8.51. The Morgan fingerprint density at radius 2 is 1.84 bits per heavy atom. The number of epoxide rings is 1. The van der Waals surface area contributed by atoms with Gasteiger partial charge in [0.05, 0.1) is 13.2 Å². The summed E-state index contributed by atoms with van der Waals surface area (Å²) >= 11 is 0. The molecule has 0 amide bonds. The van der Waals surface area contributed by atoms with Gasteiger partial charge in [0.25, 0.3) is 0 Å². The van der Waals surface area contributed by atoms with Gasteiger partial charge in [0, 0.05) is 24.5 Å². The molecule has 2 aliphatic rings. The van der Waals surface area contributed by atoms with Gasteiger partial charge < -0.3 is 18.9 Å². The van der Waals surface area contributed by atoms with E-state index in [1.807, 2.05) is 48.5 Å². The van der Waals surface area contributed by atoms with E-state index in [-0.39, 0.29) is 18.2 Å². The molecule has 0 bridgehead atoms. The van der Waals surface area contributed by atoms with Gasteiger partial charge >= 0.3 is 0 Å². The Hall–Kier alpha value is -2.37. The molecule has 0 aromatic heterocycles. The second-order valence-corrected chi connectivity index (χ2v) is 6.25. The maximum Gasteiger partial charge on any atom is 0.202 e. The molecule has 4 rings (SSSR count). The molecule has 5 heteroatoms. The van der Waals surface area contributed by atoms with Crippen LogP contribution in [0.5, 0.6) is 11.5 Å². The Morgan fingerprint density at radius 1 is 1.08 bits per heavy atom. The zero-order chi connectivity index (χ0) is 17.1. The molecule has 0 spiro atoms. The van der Waals surface area contributed by atoms with E-state index < -0.39 is 0 Å². The largest absolute Gasteiger partial charge is 0.491 e. The smallest absolute Gasteiger partial charge is 0.202 e. The van der Waals surface area contributed by atoms with Gasteiger partial charge in [0.1, 0.15) is 24.2 Å². The Balaban J connectivity index is 1.50. The molecule has 2 saturated heterocycles. The van der Waals surface area contributed by atoms with E-state index in [4.69, 9.17) is 18.9 Å². The molecule has 0 radical (unpaired) electrons. The summed E-state index contributed by atoms with van der Waals surface area (Å²) < 4.78 is 22.1. The summed E-state index contributed by atoms with van der Waals surface area (Å²) in [5.74, 6) is 1.41. The van der Waals surface area contributed by atoms with Crippen LogP contribution in [0.2, 0.25) is 0 Å². The van der Waals surface area contributed by atoms with E-state index in [2.05, 4.69) is 0 Å². The minimum atomic E-state index is -0.209. The summed E-state index contributed by atoms with van der Waals surface area (Å²) in [6.45, 7) is 1.97. The van der Waals surface area contributed by atoms with E-state index in [1.165, 1.54) is 0 Å². The standard InChI is InChI=1S/C20H20O5/c21-19(15-4-2-1-3-5-15)10-14-8-16(23-12-18-13-24-18)11-17(9-14)25-20-6-7-22-20/h1-5,8-9,11,18,20H,6-7,10,12-13H2. The van der Waals surface area contributed by atoms with Gasteiger partial charge in [-0.1, -0.05) is 30.3 Å². The predicted molar refractivity (Wildman–Crippen MR) is 91.1 cm³/mol. The van der Waals surface area contributed by atoms with Crippen LogP contribution in [0.15, 0.2) is 48.5 Å². The maximum atomic E-state index is 12.5. The summed E-state index contributed by atoms with van der Waals surface area (Å²) in [7, 11) is 0. The molecule has 2 heterocycles. The number of rotatable bonds is 8. The van der Waals surface area contributed by atoms with Crippen LogP contribution in [-0.2, 0) is 15.9 Å². The van der Waals surface area contributed by atoms with Gasteiger partial charge in [-0.25, -0.2) is 0 Å². The third-order valence-corrected chi connectivity index (χ3v) is 4.16. The van der Waals surface area contributed by atoms with Crippen LogP contribution in [0.1, 0.15) is 22.3 Å². The highest BCUT2D eigenvalue weighted by atomic mass is 16.7. The van der Waals surface area contributed by atoms with E-state index in [0.29, 0.717) is 30.1 Å². The third-order valence-electron chi connectivity index (χ3n) is 4.16. The summed E-state index contributed by atoms with van der Waals surface area (Å²) in [6, 6.07) is 14.9. The highest BCUT2D eigenvalue weighted by molar-refractivity contribution is 5.97. The third kappa shape index (κ3) is 4.38. The van der Waals surface area contributed by atoms with Gasteiger partial charge in [-0.05, 0) is 17.7 Å². The average molecular weight is 340 g/mol. The van der Waals surface area contributed by atoms with Crippen molar-refractivity contribution in [2.75, 3.05) is 19.8 Å². The van der Waals surface area contributed by atoms with Crippen molar-refractivity contribution in [1.29, 1.82) is 0 Å². The van der Waals surface area contributed by atoms with Crippen molar-refractivity contribution >= 4 is 5.78 Å². The predicted octanol–water partition coefficient (Wildman–Crippen LogP) is 3.01. The number of benzene rings is 2. The molecule has 0 aliphatic carbocycles. The molecule has 2 atom stereocenters. The summed E-state index contributed by atoms with van der Waals surface area (Å²) in [5.41, 5.74) is 1.56. The Bertz CT molecular complexity index is 735. The van der Waals surface area contributed by atoms with Crippen LogP contribution in [0, 0.1) is 0 Å². The van der Waals surface area contributed by atoms with E-state index in [9.17, 15) is 4.79 Å². The Labute approximate surface area is 146 Å². The van der Waals surface area contributed by atoms with Crippen molar-refractivity contribution < 1.29 is 23.7 Å². The minimum Gasteiger partial charge on any atom is -0.491 e. The molecule has 2 unspecified atom stereocenters. The van der Waals surface area contributed by atoms with Gasteiger partial charge in [-0.2, -0.15) is 0 Å². The number of hydrogen-bond acceptors (Lipinski definition) is 5. The molecule has 0 saturated carbocycles. The van der Waals surface area contributed by atoms with Crippen molar-refractivity contribution in [3.63, 3.8) is 0 Å². The lowest BCUT2D eigenvalue weighted by atomic mass is 10.0. The lowest BCUT2D eigenvalue weighted by Crippen LogP contribution is -2.32. The second kappa shape index (κ2) is 7.25. The molecule has 5 nitrogen and oxygen atoms in total. The number of ether oxygens (including phenoxy) is 4. The quantitative estimate of drug-likeness (QED) is 0.546. The first kappa shape index (κ1) is 16.1. The number of Topliss-reactive ketones (excluding diaryl/α,β-unsaturated/α-hetero) is 1. The van der Waals surface area contributed by atoms with Crippen LogP contribution in [0.3, 0.4) is 0 Å². The zero-order valence-electron chi connectivity index (χ0n) is 13.9. The highest BCUT2D eigenvalue weighted by Gasteiger charge is 2.24. The van der Waals surface area contributed by atoms with Crippen LogP contribution < -0.4 is 9.47 Å². The van der Waals surface area contributed by atoms with E-state index >= 15 is 0 Å². The number of carbonyl (C=O) groups is 1. The van der Waals surface area contributed by atoms with Gasteiger partial charge in [0.2, 0.25) is 6.29 Å². The van der Waals surface area contributed by atoms with Gasteiger partial charge in [0.15, 0.2) is 5.78 Å². The van der Waals surface area contributed by atoms with Crippen molar-refractivity contribution in [2.24, 2.45) is 0 Å². The average Bonchev–Trinajstić information content (AvgIpc) is 3.41. The fourth-order valence-electron chi connectivity index (χ4n) is 2.61. The monoisotopic (exact) mass is 340 g/mol. The molecule has 2 aliphatic heterocycles. The SMILES string of the molecule is O=C(Cc1cc(OCC2CO2)cc(OC2CCO2)c1)c1ccccc1. The highest BCUT2D eigenvalue weighted by Crippen LogP contribution is 2.27. The van der Waals surface area contributed by atoms with Crippen LogP contribution in [0.4, 0.5) is 0 Å². The summed E-state index contributed by atoms with van der Waals surface area (Å²) in [6.07, 6.45) is 1.14. The number of hydrogen-bond donors (Lipinski definition) is 0. The van der Waals surface area contributed by atoms with Crippen LogP contribution >= 0.6 is 0 Å². The molecule has 0 N–H and O–H groups in total. The molecule has 2 aromatic rings. The first-order chi connectivity index (χ1) is 12.3. The molecular formula is C20H20O5. The molecular weight excluding hydrogens is 320 g/mol. The Kier molecular flexibility index (Phi) is 4.68. The lowest BCUT2D eigenvalue weighted by molar-refractivity contribution is -0.165. The molecule has 25 heavy (non-hydrogen) atoms. The van der Waals surface area contributed by atoms with Crippen LogP contribution in [-0.4, -0.2) is 38.0 Å².